The smallest absolute Gasteiger partial charge is 0.228 e. The summed E-state index contributed by atoms with van der Waals surface area (Å²) in [6.45, 7) is 4.50. The van der Waals surface area contributed by atoms with Crippen LogP contribution in [-0.2, 0) is 11.2 Å². The Kier molecular flexibility index (Phi) is 6.52. The molecule has 2 fully saturated rings. The van der Waals surface area contributed by atoms with Gasteiger partial charge in [-0.1, -0.05) is 30.3 Å². The van der Waals surface area contributed by atoms with Crippen LogP contribution in [0.5, 0.6) is 5.88 Å². The molecule has 6 nitrogen and oxygen atoms in total. The normalized spacial score (nSPS) is 18.8. The minimum atomic E-state index is -0.0134. The molecule has 1 aromatic heterocycles. The number of rotatable bonds is 4. The van der Waals surface area contributed by atoms with Gasteiger partial charge in [0.25, 0.3) is 0 Å². The second-order valence-corrected chi connectivity index (χ2v) is 7.06. The van der Waals surface area contributed by atoms with Gasteiger partial charge in [-0.25, -0.2) is 4.98 Å². The van der Waals surface area contributed by atoms with Crippen LogP contribution in [-0.4, -0.2) is 55.5 Å². The quantitative estimate of drug-likeness (QED) is 0.865. The highest BCUT2D eigenvalue weighted by Gasteiger charge is 2.37. The van der Waals surface area contributed by atoms with E-state index in [9.17, 15) is 0 Å². The molecule has 0 aliphatic carbocycles. The average molecular weight is 391 g/mol. The number of ether oxygens (including phenoxy) is 2. The minimum absolute atomic E-state index is 0. The Labute approximate surface area is 166 Å². The van der Waals surface area contributed by atoms with Crippen LogP contribution in [0.2, 0.25) is 0 Å². The molecule has 2 saturated heterocycles. The van der Waals surface area contributed by atoms with Crippen molar-refractivity contribution >= 4 is 18.4 Å². The first-order chi connectivity index (χ1) is 12.8. The molecule has 7 heteroatoms. The second-order valence-electron chi connectivity index (χ2n) is 7.06. The van der Waals surface area contributed by atoms with E-state index < -0.39 is 0 Å². The van der Waals surface area contributed by atoms with Gasteiger partial charge in [-0.05, 0) is 18.4 Å². The number of anilines is 1. The van der Waals surface area contributed by atoms with Gasteiger partial charge >= 0.3 is 0 Å². The molecule has 2 aliphatic rings. The molecule has 146 valence electrons. The molecule has 1 N–H and O–H groups in total. The van der Waals surface area contributed by atoms with E-state index in [1.165, 1.54) is 5.56 Å². The Morgan fingerprint density at radius 1 is 1.19 bits per heavy atom. The number of hydrogen-bond acceptors (Lipinski definition) is 6. The zero-order chi connectivity index (χ0) is 17.8. The number of nitrogens with zero attached hydrogens (tertiary/aromatic N) is 3. The maximum absolute atomic E-state index is 6.08. The third kappa shape index (κ3) is 4.69. The van der Waals surface area contributed by atoms with Crippen molar-refractivity contribution in [3.63, 3.8) is 0 Å². The third-order valence-corrected chi connectivity index (χ3v) is 5.27. The van der Waals surface area contributed by atoms with Crippen molar-refractivity contribution in [2.24, 2.45) is 0 Å². The Morgan fingerprint density at radius 3 is 2.63 bits per heavy atom. The van der Waals surface area contributed by atoms with Crippen molar-refractivity contribution in [1.82, 2.24) is 15.3 Å². The molecule has 0 unspecified atom stereocenters. The molecule has 0 atom stereocenters. The van der Waals surface area contributed by atoms with Crippen molar-refractivity contribution < 1.29 is 9.47 Å². The molecule has 3 heterocycles. The summed E-state index contributed by atoms with van der Waals surface area (Å²) in [6.07, 6.45) is 2.76. The lowest BCUT2D eigenvalue weighted by atomic mass is 9.90. The van der Waals surface area contributed by atoms with Gasteiger partial charge in [0.1, 0.15) is 0 Å². The summed E-state index contributed by atoms with van der Waals surface area (Å²) in [4.78, 5) is 11.6. The topological polar surface area (TPSA) is 59.5 Å². The van der Waals surface area contributed by atoms with Crippen molar-refractivity contribution in [2.45, 2.75) is 24.9 Å². The maximum atomic E-state index is 6.08. The molecule has 0 radical (unpaired) electrons. The van der Waals surface area contributed by atoms with Crippen LogP contribution >= 0.6 is 12.4 Å². The molecule has 1 spiro atoms. The molecule has 2 aliphatic heterocycles. The monoisotopic (exact) mass is 390 g/mol. The number of methoxy groups -OCH3 is 1. The van der Waals surface area contributed by atoms with E-state index in [-0.39, 0.29) is 18.0 Å². The predicted octanol–water partition coefficient (Wildman–Crippen LogP) is 2.46. The Balaban J connectivity index is 0.00000210. The standard InChI is InChI=1S/C20H26N4O2.ClH/c1-25-18-14-17(13-16-5-3-2-4-6-16)22-19(23-18)24-10-7-20(8-11-24)15-21-9-12-26-20;/h2-6,14,21H,7-13,15H2,1H3;1H. The Hall–Kier alpha value is -1.89. The van der Waals surface area contributed by atoms with Gasteiger partial charge in [0.15, 0.2) is 0 Å². The molecular formula is C20H27ClN4O2. The zero-order valence-corrected chi connectivity index (χ0v) is 16.5. The molecule has 4 rings (SSSR count). The summed E-state index contributed by atoms with van der Waals surface area (Å²) in [5, 5.41) is 3.46. The summed E-state index contributed by atoms with van der Waals surface area (Å²) >= 11 is 0. The van der Waals surface area contributed by atoms with Crippen LogP contribution in [0.4, 0.5) is 5.95 Å². The van der Waals surface area contributed by atoms with Gasteiger partial charge in [0.05, 0.1) is 25.0 Å². The summed E-state index contributed by atoms with van der Waals surface area (Å²) in [6, 6.07) is 12.3. The average Bonchev–Trinajstić information content (AvgIpc) is 2.70. The SMILES string of the molecule is COc1cc(Cc2ccccc2)nc(N2CCC3(CC2)CNCCO3)n1.Cl. The highest BCUT2D eigenvalue weighted by molar-refractivity contribution is 5.85. The van der Waals surface area contributed by atoms with Gasteiger partial charge in [-0.15, -0.1) is 12.4 Å². The number of halogens is 1. The molecular weight excluding hydrogens is 364 g/mol. The van der Waals surface area contributed by atoms with Gasteiger partial charge < -0.3 is 19.7 Å². The first-order valence-electron chi connectivity index (χ1n) is 9.32. The van der Waals surface area contributed by atoms with E-state index in [1.807, 2.05) is 12.1 Å². The van der Waals surface area contributed by atoms with Gasteiger partial charge in [0, 0.05) is 38.7 Å². The van der Waals surface area contributed by atoms with Crippen LogP contribution in [0.25, 0.3) is 0 Å². The lowest BCUT2D eigenvalue weighted by Crippen LogP contribution is -2.55. The summed E-state index contributed by atoms with van der Waals surface area (Å²) in [5.41, 5.74) is 2.20. The number of nitrogens with one attached hydrogen (secondary N) is 1. The Bertz CT molecular complexity index is 728. The highest BCUT2D eigenvalue weighted by Crippen LogP contribution is 2.29. The van der Waals surface area contributed by atoms with Crippen molar-refractivity contribution in [3.8, 4) is 5.88 Å². The highest BCUT2D eigenvalue weighted by atomic mass is 35.5. The second kappa shape index (κ2) is 8.87. The summed E-state index contributed by atoms with van der Waals surface area (Å²) < 4.78 is 11.5. The van der Waals surface area contributed by atoms with Crippen LogP contribution in [0.3, 0.4) is 0 Å². The number of benzene rings is 1. The fourth-order valence-electron chi connectivity index (χ4n) is 3.74. The number of morpholine rings is 1. The van der Waals surface area contributed by atoms with E-state index >= 15 is 0 Å². The van der Waals surface area contributed by atoms with Crippen LogP contribution in [0.15, 0.2) is 36.4 Å². The molecule has 0 saturated carbocycles. The molecule has 2 aromatic rings. The third-order valence-electron chi connectivity index (χ3n) is 5.27. The van der Waals surface area contributed by atoms with E-state index in [0.717, 1.165) is 63.7 Å². The summed E-state index contributed by atoms with van der Waals surface area (Å²) in [5.74, 6) is 1.38. The van der Waals surface area contributed by atoms with E-state index in [0.29, 0.717) is 5.88 Å². The predicted molar refractivity (Wildman–Crippen MR) is 108 cm³/mol. The number of aromatic nitrogens is 2. The van der Waals surface area contributed by atoms with Crippen molar-refractivity contribution in [3.05, 3.63) is 47.7 Å². The van der Waals surface area contributed by atoms with Crippen molar-refractivity contribution in [1.29, 1.82) is 0 Å². The lowest BCUT2D eigenvalue weighted by molar-refractivity contribution is -0.0801. The van der Waals surface area contributed by atoms with Crippen LogP contribution in [0.1, 0.15) is 24.1 Å². The first kappa shape index (κ1) is 19.9. The van der Waals surface area contributed by atoms with Gasteiger partial charge in [-0.2, -0.15) is 4.98 Å². The number of piperidine rings is 1. The fourth-order valence-corrected chi connectivity index (χ4v) is 3.74. The van der Waals surface area contributed by atoms with E-state index in [1.54, 1.807) is 7.11 Å². The van der Waals surface area contributed by atoms with Crippen LogP contribution < -0.4 is 15.0 Å². The lowest BCUT2D eigenvalue weighted by Gasteiger charge is -2.44. The van der Waals surface area contributed by atoms with Crippen molar-refractivity contribution in [2.75, 3.05) is 44.8 Å². The largest absolute Gasteiger partial charge is 0.481 e. The maximum Gasteiger partial charge on any atom is 0.228 e. The van der Waals surface area contributed by atoms with E-state index in [4.69, 9.17) is 14.5 Å². The molecule has 0 amide bonds. The first-order valence-corrected chi connectivity index (χ1v) is 9.32. The minimum Gasteiger partial charge on any atom is -0.481 e. The molecule has 0 bridgehead atoms. The molecule has 27 heavy (non-hydrogen) atoms. The molecule has 1 aromatic carbocycles. The van der Waals surface area contributed by atoms with Crippen LogP contribution in [0, 0.1) is 0 Å². The summed E-state index contributed by atoms with van der Waals surface area (Å²) in [7, 11) is 1.66. The van der Waals surface area contributed by atoms with Gasteiger partial charge in [-0.3, -0.25) is 0 Å². The Morgan fingerprint density at radius 2 is 1.96 bits per heavy atom. The van der Waals surface area contributed by atoms with Gasteiger partial charge in [0.2, 0.25) is 11.8 Å². The fraction of sp³-hybridized carbons (Fsp3) is 0.500. The zero-order valence-electron chi connectivity index (χ0n) is 15.7. The van der Waals surface area contributed by atoms with E-state index in [2.05, 4.69) is 39.5 Å². The number of hydrogen-bond donors (Lipinski definition) is 1.